The van der Waals surface area contributed by atoms with Crippen LogP contribution in [-0.2, 0) is 13.0 Å². The summed E-state index contributed by atoms with van der Waals surface area (Å²) < 4.78 is 2.31. The monoisotopic (exact) mass is 410 g/mol. The van der Waals surface area contributed by atoms with Crippen molar-refractivity contribution < 1.29 is 4.79 Å². The number of aryl methyl sites for hydroxylation is 2. The van der Waals surface area contributed by atoms with Crippen molar-refractivity contribution in [3.63, 3.8) is 0 Å². The molecule has 0 unspecified atom stereocenters. The Morgan fingerprint density at radius 2 is 1.73 bits per heavy atom. The number of nitrogen functional groups attached to an aromatic ring is 1. The average molecular weight is 411 g/mol. The number of carbonyl (C=O) groups is 1. The standard InChI is InChI=1S/C23H34N6O/c1-3-5-13-19-28-20-21(17-11-7-8-12-18(17)27-22(20)24)29(19)16-10-9-15-26-23(30)25-14-6-4-2/h7-8,11-12H,3-6,9-10,13-16H2,1-2H3,(H2,24,27)(H2,25,26,30). The predicted molar refractivity (Wildman–Crippen MR) is 124 cm³/mol. The predicted octanol–water partition coefficient (Wildman–Crippen LogP) is 4.39. The molecule has 30 heavy (non-hydrogen) atoms. The zero-order valence-electron chi connectivity index (χ0n) is 18.2. The second kappa shape index (κ2) is 10.8. The lowest BCUT2D eigenvalue weighted by molar-refractivity contribution is 0.240. The molecule has 7 heteroatoms. The zero-order chi connectivity index (χ0) is 21.3. The van der Waals surface area contributed by atoms with Crippen LogP contribution in [0.2, 0.25) is 0 Å². The van der Waals surface area contributed by atoms with Gasteiger partial charge in [0.1, 0.15) is 11.3 Å². The molecular formula is C23H34N6O. The minimum atomic E-state index is -0.0787. The van der Waals surface area contributed by atoms with Crippen molar-refractivity contribution in [2.75, 3.05) is 18.8 Å². The number of amides is 2. The molecule has 0 aliphatic rings. The minimum absolute atomic E-state index is 0.0787. The topological polar surface area (TPSA) is 97.9 Å². The fraction of sp³-hybridized carbons (Fsp3) is 0.522. The second-order valence-corrected chi connectivity index (χ2v) is 7.74. The SMILES string of the molecule is CCCCNC(=O)NCCCCn1c(CCCC)nc2c(N)nc3ccccc3c21. The summed E-state index contributed by atoms with van der Waals surface area (Å²) in [4.78, 5) is 21.2. The van der Waals surface area contributed by atoms with Crippen LogP contribution in [0.1, 0.15) is 58.2 Å². The molecule has 0 atom stereocenters. The largest absolute Gasteiger partial charge is 0.382 e. The molecule has 7 nitrogen and oxygen atoms in total. The van der Waals surface area contributed by atoms with Crippen molar-refractivity contribution in [1.29, 1.82) is 0 Å². The minimum Gasteiger partial charge on any atom is -0.382 e. The fourth-order valence-electron chi connectivity index (χ4n) is 3.71. The van der Waals surface area contributed by atoms with Crippen LogP contribution in [0, 0.1) is 0 Å². The van der Waals surface area contributed by atoms with Crippen molar-refractivity contribution in [1.82, 2.24) is 25.2 Å². The molecule has 1 aromatic carbocycles. The normalized spacial score (nSPS) is 11.3. The summed E-state index contributed by atoms with van der Waals surface area (Å²) >= 11 is 0. The number of nitrogens with zero attached hydrogens (tertiary/aromatic N) is 3. The van der Waals surface area contributed by atoms with Crippen molar-refractivity contribution in [2.45, 2.75) is 65.3 Å². The van der Waals surface area contributed by atoms with E-state index in [0.717, 1.165) is 85.8 Å². The highest BCUT2D eigenvalue weighted by Gasteiger charge is 2.16. The van der Waals surface area contributed by atoms with E-state index in [-0.39, 0.29) is 6.03 Å². The molecule has 162 valence electrons. The van der Waals surface area contributed by atoms with Gasteiger partial charge in [-0.25, -0.2) is 14.8 Å². The van der Waals surface area contributed by atoms with E-state index in [9.17, 15) is 4.79 Å². The van der Waals surface area contributed by atoms with E-state index in [4.69, 9.17) is 10.7 Å². The van der Waals surface area contributed by atoms with E-state index in [1.807, 2.05) is 18.2 Å². The van der Waals surface area contributed by atoms with Gasteiger partial charge in [0.25, 0.3) is 0 Å². The summed E-state index contributed by atoms with van der Waals surface area (Å²) in [5.74, 6) is 1.56. The molecule has 0 fully saturated rings. The van der Waals surface area contributed by atoms with E-state index in [1.54, 1.807) is 0 Å². The van der Waals surface area contributed by atoms with E-state index >= 15 is 0 Å². The number of aromatic nitrogens is 3. The van der Waals surface area contributed by atoms with Gasteiger partial charge in [0.05, 0.1) is 11.0 Å². The molecule has 0 saturated heterocycles. The number of rotatable bonds is 11. The van der Waals surface area contributed by atoms with Gasteiger partial charge in [-0.2, -0.15) is 0 Å². The van der Waals surface area contributed by atoms with Crippen molar-refractivity contribution in [3.8, 4) is 0 Å². The number of imidazole rings is 1. The molecule has 2 heterocycles. The number of pyridine rings is 1. The average Bonchev–Trinajstić information content (AvgIpc) is 3.11. The molecule has 3 rings (SSSR count). The lowest BCUT2D eigenvalue weighted by Crippen LogP contribution is -2.36. The summed E-state index contributed by atoms with van der Waals surface area (Å²) in [7, 11) is 0. The lowest BCUT2D eigenvalue weighted by atomic mass is 10.2. The lowest BCUT2D eigenvalue weighted by Gasteiger charge is -2.11. The number of nitrogens with two attached hydrogens (primary N) is 1. The van der Waals surface area contributed by atoms with Gasteiger partial charge < -0.3 is 20.9 Å². The van der Waals surface area contributed by atoms with E-state index in [0.29, 0.717) is 12.4 Å². The molecular weight excluding hydrogens is 376 g/mol. The molecule has 0 aliphatic heterocycles. The van der Waals surface area contributed by atoms with E-state index in [1.165, 1.54) is 0 Å². The van der Waals surface area contributed by atoms with Crippen molar-refractivity contribution in [2.24, 2.45) is 0 Å². The maximum Gasteiger partial charge on any atom is 0.314 e. The van der Waals surface area contributed by atoms with Gasteiger partial charge in [-0.1, -0.05) is 44.9 Å². The number of benzene rings is 1. The summed E-state index contributed by atoms with van der Waals surface area (Å²) in [5.41, 5.74) is 9.03. The number of hydrogen-bond acceptors (Lipinski definition) is 4. The molecule has 0 radical (unpaired) electrons. The number of urea groups is 1. The van der Waals surface area contributed by atoms with Crippen molar-refractivity contribution >= 4 is 33.8 Å². The van der Waals surface area contributed by atoms with Gasteiger partial charge in [0.15, 0.2) is 5.82 Å². The van der Waals surface area contributed by atoms with E-state index < -0.39 is 0 Å². The molecule has 2 amide bonds. The Hall–Kier alpha value is -2.83. The number of carbonyl (C=O) groups excluding carboxylic acids is 1. The molecule has 0 aliphatic carbocycles. The maximum atomic E-state index is 11.8. The number of nitrogens with one attached hydrogen (secondary N) is 2. The third kappa shape index (κ3) is 5.20. The third-order valence-electron chi connectivity index (χ3n) is 5.35. The first-order valence-corrected chi connectivity index (χ1v) is 11.2. The Balaban J connectivity index is 1.72. The highest BCUT2D eigenvalue weighted by molar-refractivity contribution is 6.06. The maximum absolute atomic E-state index is 11.8. The molecule has 3 aromatic rings. The van der Waals surface area contributed by atoms with Crippen LogP contribution in [0.15, 0.2) is 24.3 Å². The second-order valence-electron chi connectivity index (χ2n) is 7.74. The Labute approximate surface area is 178 Å². The van der Waals surface area contributed by atoms with Gasteiger partial charge in [0.2, 0.25) is 0 Å². The van der Waals surface area contributed by atoms with Gasteiger partial charge in [-0.3, -0.25) is 0 Å². The zero-order valence-corrected chi connectivity index (χ0v) is 18.2. The van der Waals surface area contributed by atoms with Gasteiger partial charge in [0, 0.05) is 31.4 Å². The van der Waals surface area contributed by atoms with Gasteiger partial charge in [-0.05, 0) is 31.7 Å². The molecule has 0 spiro atoms. The van der Waals surface area contributed by atoms with Crippen molar-refractivity contribution in [3.05, 3.63) is 30.1 Å². The first-order valence-electron chi connectivity index (χ1n) is 11.2. The third-order valence-corrected chi connectivity index (χ3v) is 5.35. The molecule has 2 aromatic heterocycles. The summed E-state index contributed by atoms with van der Waals surface area (Å²) in [6.45, 7) is 6.55. The Bertz CT molecular complexity index is 981. The number of unbranched alkanes of at least 4 members (excludes halogenated alkanes) is 3. The van der Waals surface area contributed by atoms with E-state index in [2.05, 4.69) is 40.1 Å². The van der Waals surface area contributed by atoms with Crippen LogP contribution >= 0.6 is 0 Å². The molecule has 4 N–H and O–H groups in total. The highest BCUT2D eigenvalue weighted by atomic mass is 16.2. The summed E-state index contributed by atoms with van der Waals surface area (Å²) in [6.07, 6.45) is 7.09. The molecule has 0 saturated carbocycles. The van der Waals surface area contributed by atoms with Crippen LogP contribution in [0.3, 0.4) is 0 Å². The Morgan fingerprint density at radius 1 is 1.00 bits per heavy atom. The summed E-state index contributed by atoms with van der Waals surface area (Å²) in [5, 5.41) is 6.91. The number of fused-ring (bicyclic) bond motifs is 3. The first kappa shape index (κ1) is 21.9. The highest BCUT2D eigenvalue weighted by Crippen LogP contribution is 2.29. The summed E-state index contributed by atoms with van der Waals surface area (Å²) in [6, 6.07) is 8.02. The van der Waals surface area contributed by atoms with Crippen LogP contribution in [0.4, 0.5) is 10.6 Å². The molecule has 0 bridgehead atoms. The van der Waals surface area contributed by atoms with Crippen LogP contribution < -0.4 is 16.4 Å². The smallest absolute Gasteiger partial charge is 0.314 e. The fourth-order valence-corrected chi connectivity index (χ4v) is 3.71. The number of hydrogen-bond donors (Lipinski definition) is 3. The Kier molecular flexibility index (Phi) is 7.88. The Morgan fingerprint density at radius 3 is 2.50 bits per heavy atom. The van der Waals surface area contributed by atoms with Crippen LogP contribution in [0.5, 0.6) is 0 Å². The van der Waals surface area contributed by atoms with Gasteiger partial charge in [-0.15, -0.1) is 0 Å². The quantitative estimate of drug-likeness (QED) is 0.408. The van der Waals surface area contributed by atoms with Gasteiger partial charge >= 0.3 is 6.03 Å². The van der Waals surface area contributed by atoms with Crippen LogP contribution in [0.25, 0.3) is 21.9 Å². The van der Waals surface area contributed by atoms with Crippen LogP contribution in [-0.4, -0.2) is 33.7 Å². The first-order chi connectivity index (χ1) is 14.7. The number of anilines is 1. The number of para-hydroxylation sites is 1.